The summed E-state index contributed by atoms with van der Waals surface area (Å²) in [5, 5.41) is 4.57. The number of ether oxygens (including phenoxy) is 1. The number of hydrogen-bond acceptors (Lipinski definition) is 10. The highest BCUT2D eigenvalue weighted by atomic mass is 32.2. The molecule has 0 radical (unpaired) electrons. The topological polar surface area (TPSA) is 140 Å². The van der Waals surface area contributed by atoms with Crippen molar-refractivity contribution in [3.05, 3.63) is 29.3 Å². The fourth-order valence-electron chi connectivity index (χ4n) is 2.50. The molecule has 1 atom stereocenters. The summed E-state index contributed by atoms with van der Waals surface area (Å²) < 4.78 is 41.6. The number of anilines is 1. The van der Waals surface area contributed by atoms with Gasteiger partial charge in [-0.1, -0.05) is 19.9 Å². The molecule has 2 N–H and O–H groups in total. The van der Waals surface area contributed by atoms with Gasteiger partial charge in [-0.2, -0.15) is 13.5 Å². The molecule has 1 aromatic carbocycles. The maximum Gasteiger partial charge on any atom is 0.324 e. The van der Waals surface area contributed by atoms with Gasteiger partial charge in [-0.05, 0) is 18.1 Å². The zero-order valence-electron chi connectivity index (χ0n) is 16.3. The normalized spacial score (nSPS) is 12.8. The summed E-state index contributed by atoms with van der Waals surface area (Å²) >= 11 is 2.11. The first-order chi connectivity index (χ1) is 14.2. The molecule has 0 aliphatic heterocycles. The van der Waals surface area contributed by atoms with Crippen LogP contribution in [0.25, 0.3) is 11.0 Å². The molecule has 1 amide bonds. The zero-order chi connectivity index (χ0) is 21.9. The number of hydrogen-bond donors (Lipinski definition) is 2. The molecular weight excluding hydrogens is 450 g/mol. The number of nitrogens with zero attached hydrogens (tertiary/aromatic N) is 3. The van der Waals surface area contributed by atoms with E-state index < -0.39 is 22.0 Å². The Morgan fingerprint density at radius 3 is 2.70 bits per heavy atom. The molecule has 13 heteroatoms. The van der Waals surface area contributed by atoms with Crippen LogP contribution in [-0.4, -0.2) is 40.1 Å². The van der Waals surface area contributed by atoms with Crippen LogP contribution in [0.15, 0.2) is 28.5 Å². The van der Waals surface area contributed by atoms with Crippen LogP contribution in [0, 0.1) is 5.92 Å². The summed E-state index contributed by atoms with van der Waals surface area (Å²) in [6.07, 6.45) is 0. The van der Waals surface area contributed by atoms with Crippen LogP contribution in [0.5, 0.6) is 0 Å². The molecule has 0 unspecified atom stereocenters. The van der Waals surface area contributed by atoms with Gasteiger partial charge in [0.25, 0.3) is 0 Å². The lowest BCUT2D eigenvalue weighted by atomic mass is 10.1. The first-order valence-corrected chi connectivity index (χ1v) is 11.9. The average Bonchev–Trinajstić information content (AvgIpc) is 3.32. The van der Waals surface area contributed by atoms with Crippen LogP contribution in [-0.2, 0) is 31.0 Å². The van der Waals surface area contributed by atoms with E-state index in [4.69, 9.17) is 4.74 Å². The third-order valence-electron chi connectivity index (χ3n) is 3.94. The first-order valence-electron chi connectivity index (χ1n) is 8.79. The van der Waals surface area contributed by atoms with Crippen LogP contribution < -0.4 is 10.0 Å². The van der Waals surface area contributed by atoms with Gasteiger partial charge >= 0.3 is 5.97 Å². The highest BCUT2D eigenvalue weighted by molar-refractivity contribution is 7.89. The Hall–Kier alpha value is -2.48. The standard InChI is InChI=1S/C17H19N5O5S3/c1-9(2)14(16(24)27-7-11-8-28-17(19-11)18-10(3)23)22-30(25,26)13-6-4-5-12-15(13)21-29-20-12/h4-6,8-9,14,22H,7H2,1-3H3,(H,18,19,23)/t14-/m1/s1. The van der Waals surface area contributed by atoms with Crippen LogP contribution in [0.4, 0.5) is 5.13 Å². The average molecular weight is 470 g/mol. The number of thiazole rings is 1. The first kappa shape index (κ1) is 22.2. The summed E-state index contributed by atoms with van der Waals surface area (Å²) in [7, 11) is -4.05. The van der Waals surface area contributed by atoms with Gasteiger partial charge in [0.05, 0.1) is 17.4 Å². The van der Waals surface area contributed by atoms with Gasteiger partial charge in [-0.25, -0.2) is 13.4 Å². The highest BCUT2D eigenvalue weighted by Gasteiger charge is 2.31. The number of esters is 1. The molecule has 2 heterocycles. The Morgan fingerprint density at radius 1 is 1.23 bits per heavy atom. The largest absolute Gasteiger partial charge is 0.458 e. The number of aromatic nitrogens is 3. The second-order valence-corrected chi connectivity index (χ2v) is 9.73. The summed E-state index contributed by atoms with van der Waals surface area (Å²) in [4.78, 5) is 27.7. The number of carbonyl (C=O) groups excluding carboxylic acids is 2. The van der Waals surface area contributed by atoms with Gasteiger partial charge in [0.1, 0.15) is 28.6 Å². The minimum Gasteiger partial charge on any atom is -0.458 e. The van der Waals surface area contributed by atoms with Crippen LogP contribution in [0.1, 0.15) is 26.5 Å². The van der Waals surface area contributed by atoms with Gasteiger partial charge in [0.2, 0.25) is 15.9 Å². The van der Waals surface area contributed by atoms with Gasteiger partial charge in [-0.15, -0.1) is 11.3 Å². The fraction of sp³-hybridized carbons (Fsp3) is 0.353. The van der Waals surface area contributed by atoms with Crippen LogP contribution in [0.3, 0.4) is 0 Å². The van der Waals surface area contributed by atoms with Crippen molar-refractivity contribution < 1.29 is 22.7 Å². The lowest BCUT2D eigenvalue weighted by Gasteiger charge is -2.20. The van der Waals surface area contributed by atoms with E-state index in [-0.39, 0.29) is 28.8 Å². The van der Waals surface area contributed by atoms with Crippen molar-refractivity contribution in [3.63, 3.8) is 0 Å². The number of carbonyl (C=O) groups is 2. The maximum atomic E-state index is 12.9. The molecule has 0 fully saturated rings. The number of benzene rings is 1. The van der Waals surface area contributed by atoms with E-state index in [2.05, 4.69) is 23.8 Å². The molecule has 0 saturated heterocycles. The molecule has 0 aliphatic carbocycles. The number of sulfonamides is 1. The predicted molar refractivity (Wildman–Crippen MR) is 113 cm³/mol. The van der Waals surface area contributed by atoms with E-state index in [1.54, 1.807) is 31.4 Å². The Morgan fingerprint density at radius 2 is 2.00 bits per heavy atom. The SMILES string of the molecule is CC(=O)Nc1nc(COC(=O)[C@H](NS(=O)(=O)c2cccc3nsnc23)C(C)C)cs1. The van der Waals surface area contributed by atoms with Crippen molar-refractivity contribution in [3.8, 4) is 0 Å². The third-order valence-corrected chi connectivity index (χ3v) is 6.76. The van der Waals surface area contributed by atoms with Gasteiger partial charge in [0, 0.05) is 12.3 Å². The van der Waals surface area contributed by atoms with E-state index >= 15 is 0 Å². The Balaban J connectivity index is 1.72. The summed E-state index contributed by atoms with van der Waals surface area (Å²) in [5.74, 6) is -1.36. The molecule has 0 aliphatic rings. The molecule has 10 nitrogen and oxygen atoms in total. The maximum absolute atomic E-state index is 12.9. The molecule has 3 rings (SSSR count). The monoisotopic (exact) mass is 469 g/mol. The van der Waals surface area contributed by atoms with Crippen molar-refractivity contribution >= 4 is 61.1 Å². The van der Waals surface area contributed by atoms with E-state index in [1.807, 2.05) is 0 Å². The number of rotatable bonds is 8. The molecule has 2 aromatic heterocycles. The van der Waals surface area contributed by atoms with Crippen LogP contribution in [0.2, 0.25) is 0 Å². The van der Waals surface area contributed by atoms with E-state index in [9.17, 15) is 18.0 Å². The van der Waals surface area contributed by atoms with Crippen molar-refractivity contribution in [2.75, 3.05) is 5.32 Å². The van der Waals surface area contributed by atoms with Crippen molar-refractivity contribution in [2.24, 2.45) is 5.92 Å². The Kier molecular flexibility index (Phi) is 6.75. The van der Waals surface area contributed by atoms with Crippen LogP contribution >= 0.6 is 23.1 Å². The molecule has 0 bridgehead atoms. The quantitative estimate of drug-likeness (QED) is 0.478. The second kappa shape index (κ2) is 9.12. The number of amides is 1. The second-order valence-electron chi connectivity index (χ2n) is 6.66. The molecule has 0 saturated carbocycles. The number of nitrogens with one attached hydrogen (secondary N) is 2. The lowest BCUT2D eigenvalue weighted by molar-refractivity contribution is -0.148. The van der Waals surface area contributed by atoms with Gasteiger partial charge in [-0.3, -0.25) is 9.59 Å². The number of fused-ring (bicyclic) bond motifs is 1. The minimum absolute atomic E-state index is 0.0494. The Labute approximate surface area is 181 Å². The predicted octanol–water partition coefficient (Wildman–Crippen LogP) is 2.15. The summed E-state index contributed by atoms with van der Waals surface area (Å²) in [5.41, 5.74) is 1.16. The summed E-state index contributed by atoms with van der Waals surface area (Å²) in [6.45, 7) is 4.63. The van der Waals surface area contributed by atoms with E-state index in [1.165, 1.54) is 24.3 Å². The molecular formula is C17H19N5O5S3. The van der Waals surface area contributed by atoms with Gasteiger partial charge in [0.15, 0.2) is 5.13 Å². The lowest BCUT2D eigenvalue weighted by Crippen LogP contribution is -2.45. The summed E-state index contributed by atoms with van der Waals surface area (Å²) in [6, 6.07) is 3.53. The third kappa shape index (κ3) is 5.16. The smallest absolute Gasteiger partial charge is 0.324 e. The van der Waals surface area contributed by atoms with Crippen molar-refractivity contribution in [1.29, 1.82) is 0 Å². The molecule has 0 spiro atoms. The van der Waals surface area contributed by atoms with E-state index in [0.29, 0.717) is 16.3 Å². The molecule has 30 heavy (non-hydrogen) atoms. The fourth-order valence-corrected chi connectivity index (χ4v) is 5.34. The molecule has 3 aromatic rings. The highest BCUT2D eigenvalue weighted by Crippen LogP contribution is 2.22. The molecule has 160 valence electrons. The van der Waals surface area contributed by atoms with Crippen molar-refractivity contribution in [1.82, 2.24) is 18.5 Å². The minimum atomic E-state index is -4.05. The van der Waals surface area contributed by atoms with Crippen molar-refractivity contribution in [2.45, 2.75) is 38.3 Å². The zero-order valence-corrected chi connectivity index (χ0v) is 18.7. The Bertz CT molecular complexity index is 1170. The van der Waals surface area contributed by atoms with E-state index in [0.717, 1.165) is 11.7 Å². The van der Waals surface area contributed by atoms with Gasteiger partial charge < -0.3 is 10.1 Å².